The van der Waals surface area contributed by atoms with E-state index in [-0.39, 0.29) is 0 Å². The van der Waals surface area contributed by atoms with Gasteiger partial charge in [0.2, 0.25) is 0 Å². The van der Waals surface area contributed by atoms with Gasteiger partial charge < -0.3 is 9.64 Å². The molecule has 0 saturated carbocycles. The Hall–Kier alpha value is -1.35. The normalized spacial score (nSPS) is 28.4. The van der Waals surface area contributed by atoms with E-state index in [0.717, 1.165) is 30.6 Å². The van der Waals surface area contributed by atoms with Gasteiger partial charge in [0.05, 0.1) is 12.2 Å². The second-order valence-corrected chi connectivity index (χ2v) is 4.20. The third kappa shape index (κ3) is 1.43. The highest BCUT2D eigenvalue weighted by Gasteiger charge is 2.38. The lowest BCUT2D eigenvalue weighted by Gasteiger charge is -2.48. The second kappa shape index (κ2) is 3.35. The summed E-state index contributed by atoms with van der Waals surface area (Å²) >= 11 is 0. The maximum atomic E-state index is 10.9. The number of nitrogens with zero attached hydrogens (tertiary/aromatic N) is 1. The maximum Gasteiger partial charge on any atom is 0.152 e. The lowest BCUT2D eigenvalue weighted by Crippen LogP contribution is -2.57. The Morgan fingerprint density at radius 1 is 1.27 bits per heavy atom. The molecule has 1 aromatic rings. The SMILES string of the molecule is O=Cc1ccccc1N1CC2CC(C1)O2. The van der Waals surface area contributed by atoms with Crippen LogP contribution >= 0.6 is 0 Å². The lowest BCUT2D eigenvalue weighted by molar-refractivity contribution is -0.133. The average molecular weight is 203 g/mol. The number of piperidine rings is 1. The molecule has 4 rings (SSSR count). The summed E-state index contributed by atoms with van der Waals surface area (Å²) in [4.78, 5) is 13.2. The number of rotatable bonds is 2. The molecule has 3 aliphatic rings. The number of hydrogen-bond donors (Lipinski definition) is 0. The van der Waals surface area contributed by atoms with Crippen molar-refractivity contribution in [2.24, 2.45) is 0 Å². The molecule has 3 heterocycles. The van der Waals surface area contributed by atoms with Crippen LogP contribution in [0.15, 0.2) is 24.3 Å². The molecule has 0 amide bonds. The second-order valence-electron chi connectivity index (χ2n) is 4.20. The number of aldehydes is 1. The fourth-order valence-corrected chi connectivity index (χ4v) is 2.43. The third-order valence-electron chi connectivity index (χ3n) is 3.16. The first kappa shape index (κ1) is 8.92. The van der Waals surface area contributed by atoms with Crippen LogP contribution in [0.1, 0.15) is 16.8 Å². The molecule has 0 radical (unpaired) electrons. The van der Waals surface area contributed by atoms with Crippen molar-refractivity contribution in [3.63, 3.8) is 0 Å². The van der Waals surface area contributed by atoms with Gasteiger partial charge >= 0.3 is 0 Å². The molecular formula is C12H13NO2. The van der Waals surface area contributed by atoms with Crippen LogP contribution in [0.5, 0.6) is 0 Å². The predicted molar refractivity (Wildman–Crippen MR) is 57.3 cm³/mol. The average Bonchev–Trinajstić information content (AvgIpc) is 2.28. The van der Waals surface area contributed by atoms with Crippen molar-refractivity contribution >= 4 is 12.0 Å². The number of hydrogen-bond acceptors (Lipinski definition) is 3. The summed E-state index contributed by atoms with van der Waals surface area (Å²) < 4.78 is 5.57. The Morgan fingerprint density at radius 3 is 2.60 bits per heavy atom. The van der Waals surface area contributed by atoms with Gasteiger partial charge in [-0.2, -0.15) is 0 Å². The lowest BCUT2D eigenvalue weighted by atomic mass is 9.97. The molecule has 3 nitrogen and oxygen atoms in total. The van der Waals surface area contributed by atoms with Crippen molar-refractivity contribution in [2.75, 3.05) is 18.0 Å². The number of fused-ring (bicyclic) bond motifs is 2. The van der Waals surface area contributed by atoms with Crippen LogP contribution in [0, 0.1) is 0 Å². The van der Waals surface area contributed by atoms with E-state index < -0.39 is 0 Å². The maximum absolute atomic E-state index is 10.9. The van der Waals surface area contributed by atoms with E-state index in [9.17, 15) is 4.79 Å². The molecule has 1 aromatic carbocycles. The van der Waals surface area contributed by atoms with Crippen LogP contribution in [0.2, 0.25) is 0 Å². The molecule has 78 valence electrons. The van der Waals surface area contributed by atoms with Gasteiger partial charge in [0.15, 0.2) is 6.29 Å². The molecule has 0 aliphatic carbocycles. The van der Waals surface area contributed by atoms with E-state index in [1.165, 1.54) is 6.42 Å². The summed E-state index contributed by atoms with van der Waals surface area (Å²) in [6, 6.07) is 7.75. The number of ether oxygens (including phenoxy) is 1. The van der Waals surface area contributed by atoms with Crippen molar-refractivity contribution in [3.05, 3.63) is 29.8 Å². The predicted octanol–water partition coefficient (Wildman–Crippen LogP) is 1.48. The summed E-state index contributed by atoms with van der Waals surface area (Å²) in [6.07, 6.45) is 2.86. The van der Waals surface area contributed by atoms with Gasteiger partial charge in [0, 0.05) is 30.8 Å². The highest BCUT2D eigenvalue weighted by atomic mass is 16.5. The molecule has 15 heavy (non-hydrogen) atoms. The molecule has 0 aromatic heterocycles. The Bertz CT molecular complexity index is 375. The summed E-state index contributed by atoms with van der Waals surface area (Å²) in [5.41, 5.74) is 1.82. The van der Waals surface area contributed by atoms with Crippen LogP contribution in [-0.2, 0) is 4.74 Å². The molecule has 3 aliphatic heterocycles. The molecule has 3 fully saturated rings. The summed E-state index contributed by atoms with van der Waals surface area (Å²) in [5.74, 6) is 0. The van der Waals surface area contributed by atoms with Crippen molar-refractivity contribution < 1.29 is 9.53 Å². The van der Waals surface area contributed by atoms with Crippen LogP contribution in [-0.4, -0.2) is 31.6 Å². The molecule has 3 saturated heterocycles. The molecular weight excluding hydrogens is 190 g/mol. The van der Waals surface area contributed by atoms with Crippen molar-refractivity contribution in [3.8, 4) is 0 Å². The molecule has 2 unspecified atom stereocenters. The first-order valence-corrected chi connectivity index (χ1v) is 5.31. The first-order valence-electron chi connectivity index (χ1n) is 5.31. The van der Waals surface area contributed by atoms with Crippen LogP contribution in [0.3, 0.4) is 0 Å². The van der Waals surface area contributed by atoms with Gasteiger partial charge in [0.1, 0.15) is 0 Å². The zero-order valence-electron chi connectivity index (χ0n) is 8.43. The molecule has 0 spiro atoms. The van der Waals surface area contributed by atoms with Crippen LogP contribution < -0.4 is 4.90 Å². The van der Waals surface area contributed by atoms with Crippen molar-refractivity contribution in [1.82, 2.24) is 0 Å². The molecule has 0 N–H and O–H groups in total. The zero-order valence-corrected chi connectivity index (χ0v) is 8.43. The van der Waals surface area contributed by atoms with Crippen LogP contribution in [0.25, 0.3) is 0 Å². The zero-order chi connectivity index (χ0) is 10.3. The van der Waals surface area contributed by atoms with E-state index in [0.29, 0.717) is 12.2 Å². The topological polar surface area (TPSA) is 29.5 Å². The Morgan fingerprint density at radius 2 is 1.93 bits per heavy atom. The van der Waals surface area contributed by atoms with Gasteiger partial charge in [-0.1, -0.05) is 12.1 Å². The largest absolute Gasteiger partial charge is 0.371 e. The first-order chi connectivity index (χ1) is 7.36. The van der Waals surface area contributed by atoms with Gasteiger partial charge in [-0.05, 0) is 12.1 Å². The monoisotopic (exact) mass is 203 g/mol. The summed E-state index contributed by atoms with van der Waals surface area (Å²) in [6.45, 7) is 1.84. The van der Waals surface area contributed by atoms with Crippen LogP contribution in [0.4, 0.5) is 5.69 Å². The Labute approximate surface area is 88.6 Å². The van der Waals surface area contributed by atoms with E-state index >= 15 is 0 Å². The van der Waals surface area contributed by atoms with E-state index in [1.807, 2.05) is 24.3 Å². The fourth-order valence-electron chi connectivity index (χ4n) is 2.43. The minimum absolute atomic E-state index is 0.378. The fraction of sp³-hybridized carbons (Fsp3) is 0.417. The van der Waals surface area contributed by atoms with E-state index in [1.54, 1.807) is 0 Å². The minimum Gasteiger partial charge on any atom is -0.371 e. The molecule has 2 bridgehead atoms. The number of morpholine rings is 1. The van der Waals surface area contributed by atoms with Crippen molar-refractivity contribution in [1.29, 1.82) is 0 Å². The van der Waals surface area contributed by atoms with Gasteiger partial charge in [-0.3, -0.25) is 4.79 Å². The Balaban J connectivity index is 1.88. The standard InChI is InChI=1S/C12H13NO2/c14-8-9-3-1-2-4-12(9)13-6-10-5-11(7-13)15-10/h1-4,8,10-11H,5-7H2. The van der Waals surface area contributed by atoms with E-state index in [2.05, 4.69) is 4.90 Å². The molecule has 2 atom stereocenters. The van der Waals surface area contributed by atoms with E-state index in [4.69, 9.17) is 4.74 Å². The number of para-hydroxylation sites is 1. The van der Waals surface area contributed by atoms with Gasteiger partial charge in [-0.25, -0.2) is 0 Å². The summed E-state index contributed by atoms with van der Waals surface area (Å²) in [7, 11) is 0. The number of carbonyl (C=O) groups is 1. The number of anilines is 1. The highest BCUT2D eigenvalue weighted by molar-refractivity contribution is 5.84. The van der Waals surface area contributed by atoms with Gasteiger partial charge in [-0.15, -0.1) is 0 Å². The van der Waals surface area contributed by atoms with Gasteiger partial charge in [0.25, 0.3) is 0 Å². The Kier molecular flexibility index (Phi) is 1.99. The highest BCUT2D eigenvalue weighted by Crippen LogP contribution is 2.32. The number of benzene rings is 1. The quantitative estimate of drug-likeness (QED) is 0.682. The number of carbonyl (C=O) groups excluding carboxylic acids is 1. The molecule has 3 heteroatoms. The minimum atomic E-state index is 0.378. The van der Waals surface area contributed by atoms with Crippen molar-refractivity contribution in [2.45, 2.75) is 18.6 Å². The third-order valence-corrected chi connectivity index (χ3v) is 3.16. The summed E-state index contributed by atoms with van der Waals surface area (Å²) in [5, 5.41) is 0. The smallest absolute Gasteiger partial charge is 0.152 e.